The molecule has 2 rings (SSSR count). The van der Waals surface area contributed by atoms with Crippen LogP contribution in [0.4, 0.5) is 0 Å². The standard InChI is InChI=1S/C15H18BrN3S/c1-11-4-3-5-12(6-11)8-18-15(17-2)19-9-14-7-13(16)10-20-14/h3-7,10H,8-9H2,1-2H3,(H2,17,18,19). The predicted molar refractivity (Wildman–Crippen MR) is 90.2 cm³/mol. The maximum absolute atomic E-state index is 4.23. The van der Waals surface area contributed by atoms with Crippen LogP contribution in [0.5, 0.6) is 0 Å². The summed E-state index contributed by atoms with van der Waals surface area (Å²) in [6.07, 6.45) is 0. The quantitative estimate of drug-likeness (QED) is 0.651. The summed E-state index contributed by atoms with van der Waals surface area (Å²) in [5, 5.41) is 8.72. The van der Waals surface area contributed by atoms with Gasteiger partial charge in [0.15, 0.2) is 5.96 Å². The Balaban J connectivity index is 1.84. The van der Waals surface area contributed by atoms with Gasteiger partial charge in [0.25, 0.3) is 0 Å². The molecule has 2 aromatic rings. The van der Waals surface area contributed by atoms with E-state index >= 15 is 0 Å². The van der Waals surface area contributed by atoms with Crippen molar-refractivity contribution in [2.45, 2.75) is 20.0 Å². The van der Waals surface area contributed by atoms with Crippen LogP contribution >= 0.6 is 27.3 Å². The Morgan fingerprint density at radius 3 is 2.70 bits per heavy atom. The minimum Gasteiger partial charge on any atom is -0.352 e. The van der Waals surface area contributed by atoms with E-state index in [0.717, 1.165) is 23.5 Å². The van der Waals surface area contributed by atoms with E-state index in [1.807, 2.05) is 0 Å². The number of aryl methyl sites for hydroxylation is 1. The largest absolute Gasteiger partial charge is 0.352 e. The summed E-state index contributed by atoms with van der Waals surface area (Å²) in [5.41, 5.74) is 2.53. The zero-order valence-electron chi connectivity index (χ0n) is 11.6. The number of rotatable bonds is 4. The number of aliphatic imine (C=N–C) groups is 1. The van der Waals surface area contributed by atoms with Crippen molar-refractivity contribution in [3.05, 3.63) is 56.2 Å². The van der Waals surface area contributed by atoms with Crippen LogP contribution in [0.15, 0.2) is 45.2 Å². The molecule has 1 aromatic heterocycles. The molecule has 2 N–H and O–H groups in total. The van der Waals surface area contributed by atoms with Crippen LogP contribution in [0, 0.1) is 6.92 Å². The van der Waals surface area contributed by atoms with Crippen LogP contribution in [0.25, 0.3) is 0 Å². The molecule has 20 heavy (non-hydrogen) atoms. The smallest absolute Gasteiger partial charge is 0.191 e. The number of hydrogen-bond donors (Lipinski definition) is 2. The number of guanidine groups is 1. The molecule has 0 aliphatic carbocycles. The molecule has 0 saturated heterocycles. The van der Waals surface area contributed by atoms with Gasteiger partial charge in [0, 0.05) is 28.3 Å². The number of halogens is 1. The number of nitrogens with zero attached hydrogens (tertiary/aromatic N) is 1. The second-order valence-electron chi connectivity index (χ2n) is 4.50. The maximum Gasteiger partial charge on any atom is 0.191 e. The molecule has 0 amide bonds. The molecule has 0 bridgehead atoms. The lowest BCUT2D eigenvalue weighted by Crippen LogP contribution is -2.36. The summed E-state index contributed by atoms with van der Waals surface area (Å²) in [6.45, 7) is 3.66. The normalized spacial score (nSPS) is 11.4. The van der Waals surface area contributed by atoms with E-state index in [2.05, 4.69) is 74.2 Å². The van der Waals surface area contributed by atoms with E-state index in [9.17, 15) is 0 Å². The van der Waals surface area contributed by atoms with Crippen LogP contribution in [0.1, 0.15) is 16.0 Å². The summed E-state index contributed by atoms with van der Waals surface area (Å²) in [6, 6.07) is 10.6. The van der Waals surface area contributed by atoms with Crippen molar-refractivity contribution in [2.24, 2.45) is 4.99 Å². The molecule has 0 aliphatic heterocycles. The topological polar surface area (TPSA) is 36.4 Å². The monoisotopic (exact) mass is 351 g/mol. The third-order valence-electron chi connectivity index (χ3n) is 2.82. The highest BCUT2D eigenvalue weighted by Gasteiger charge is 2.01. The molecule has 5 heteroatoms. The lowest BCUT2D eigenvalue weighted by atomic mass is 10.1. The van der Waals surface area contributed by atoms with Crippen molar-refractivity contribution in [2.75, 3.05) is 7.05 Å². The molecular weight excluding hydrogens is 334 g/mol. The number of hydrogen-bond acceptors (Lipinski definition) is 2. The Morgan fingerprint density at radius 1 is 1.25 bits per heavy atom. The van der Waals surface area contributed by atoms with Gasteiger partial charge in [0.05, 0.1) is 6.54 Å². The summed E-state index contributed by atoms with van der Waals surface area (Å²) >= 11 is 5.19. The van der Waals surface area contributed by atoms with Gasteiger partial charge < -0.3 is 10.6 Å². The molecule has 0 atom stereocenters. The first-order valence-corrected chi connectivity index (χ1v) is 8.07. The first-order valence-electron chi connectivity index (χ1n) is 6.40. The van der Waals surface area contributed by atoms with Gasteiger partial charge in [-0.2, -0.15) is 0 Å². The van der Waals surface area contributed by atoms with Gasteiger partial charge in [-0.3, -0.25) is 4.99 Å². The highest BCUT2D eigenvalue weighted by molar-refractivity contribution is 9.10. The second kappa shape index (κ2) is 7.45. The Bertz CT molecular complexity index is 592. The average Bonchev–Trinajstić information content (AvgIpc) is 2.85. The van der Waals surface area contributed by atoms with E-state index in [0.29, 0.717) is 0 Å². The van der Waals surface area contributed by atoms with Crippen molar-refractivity contribution in [3.63, 3.8) is 0 Å². The predicted octanol–water partition coefficient (Wildman–Crippen LogP) is 3.68. The molecule has 0 radical (unpaired) electrons. The Hall–Kier alpha value is -1.33. The summed E-state index contributed by atoms with van der Waals surface area (Å²) in [4.78, 5) is 5.51. The Morgan fingerprint density at radius 2 is 2.05 bits per heavy atom. The average molecular weight is 352 g/mol. The maximum atomic E-state index is 4.23. The highest BCUT2D eigenvalue weighted by Crippen LogP contribution is 2.19. The first-order chi connectivity index (χ1) is 9.67. The van der Waals surface area contributed by atoms with Crippen LogP contribution in [-0.4, -0.2) is 13.0 Å². The molecule has 106 valence electrons. The van der Waals surface area contributed by atoms with Gasteiger partial charge in [-0.1, -0.05) is 29.8 Å². The molecule has 0 aliphatic rings. The van der Waals surface area contributed by atoms with Crippen molar-refractivity contribution in [1.82, 2.24) is 10.6 Å². The van der Waals surface area contributed by atoms with Gasteiger partial charge >= 0.3 is 0 Å². The van der Waals surface area contributed by atoms with Gasteiger partial charge in [0.1, 0.15) is 0 Å². The molecule has 0 spiro atoms. The SMILES string of the molecule is CN=C(NCc1cccc(C)c1)NCc1cc(Br)cs1. The molecular formula is C15H18BrN3S. The molecule has 0 unspecified atom stereocenters. The number of nitrogens with one attached hydrogen (secondary N) is 2. The zero-order valence-corrected chi connectivity index (χ0v) is 14.0. The van der Waals surface area contributed by atoms with Crippen LogP contribution in [0.3, 0.4) is 0 Å². The molecule has 3 nitrogen and oxygen atoms in total. The lowest BCUT2D eigenvalue weighted by molar-refractivity contribution is 0.815. The highest BCUT2D eigenvalue weighted by atomic mass is 79.9. The summed E-state index contributed by atoms with van der Waals surface area (Å²) in [7, 11) is 1.79. The van der Waals surface area contributed by atoms with Crippen molar-refractivity contribution >= 4 is 33.2 Å². The molecule has 1 heterocycles. The van der Waals surface area contributed by atoms with Crippen LogP contribution < -0.4 is 10.6 Å². The molecule has 1 aromatic carbocycles. The fourth-order valence-electron chi connectivity index (χ4n) is 1.85. The number of benzene rings is 1. The van der Waals surface area contributed by atoms with Crippen LogP contribution in [0.2, 0.25) is 0 Å². The minimum atomic E-state index is 0.773. The Kier molecular flexibility index (Phi) is 5.61. The number of thiophene rings is 1. The molecule has 0 saturated carbocycles. The van der Waals surface area contributed by atoms with E-state index in [4.69, 9.17) is 0 Å². The summed E-state index contributed by atoms with van der Waals surface area (Å²) < 4.78 is 1.13. The van der Waals surface area contributed by atoms with E-state index in [-0.39, 0.29) is 0 Å². The van der Waals surface area contributed by atoms with Gasteiger partial charge in [0.2, 0.25) is 0 Å². The third-order valence-corrected chi connectivity index (χ3v) is 4.52. The van der Waals surface area contributed by atoms with Gasteiger partial charge in [-0.15, -0.1) is 11.3 Å². The van der Waals surface area contributed by atoms with Gasteiger partial charge in [-0.05, 0) is 34.5 Å². The van der Waals surface area contributed by atoms with E-state index in [1.165, 1.54) is 16.0 Å². The minimum absolute atomic E-state index is 0.773. The lowest BCUT2D eigenvalue weighted by Gasteiger charge is -2.11. The second-order valence-corrected chi connectivity index (χ2v) is 6.41. The van der Waals surface area contributed by atoms with Crippen molar-refractivity contribution in [3.8, 4) is 0 Å². The fourth-order valence-corrected chi connectivity index (χ4v) is 3.24. The fraction of sp³-hybridized carbons (Fsp3) is 0.267. The van der Waals surface area contributed by atoms with E-state index in [1.54, 1.807) is 18.4 Å². The zero-order chi connectivity index (χ0) is 14.4. The first kappa shape index (κ1) is 15.1. The molecule has 0 fully saturated rings. The van der Waals surface area contributed by atoms with Crippen LogP contribution in [-0.2, 0) is 13.1 Å². The van der Waals surface area contributed by atoms with Gasteiger partial charge in [-0.25, -0.2) is 0 Å². The van der Waals surface area contributed by atoms with Crippen molar-refractivity contribution < 1.29 is 0 Å². The van der Waals surface area contributed by atoms with E-state index < -0.39 is 0 Å². The van der Waals surface area contributed by atoms with Crippen molar-refractivity contribution in [1.29, 1.82) is 0 Å². The third kappa shape index (κ3) is 4.65. The Labute approximate surface area is 132 Å². The summed E-state index contributed by atoms with van der Waals surface area (Å²) in [5.74, 6) is 0.816.